The van der Waals surface area contributed by atoms with Gasteiger partial charge in [0.15, 0.2) is 0 Å². The van der Waals surface area contributed by atoms with Gasteiger partial charge in [0.05, 0.1) is 5.39 Å². The molecule has 0 unspecified atom stereocenters. The Morgan fingerprint density at radius 3 is 2.92 bits per heavy atom. The summed E-state index contributed by atoms with van der Waals surface area (Å²) in [6.07, 6.45) is 5.01. The molecule has 0 saturated carbocycles. The summed E-state index contributed by atoms with van der Waals surface area (Å²) >= 11 is 3.34. The number of hydrogen-bond acceptors (Lipinski definition) is 2. The summed E-state index contributed by atoms with van der Waals surface area (Å²) in [4.78, 5) is 15.5. The molecule has 0 aromatic carbocycles. The molecule has 2 heterocycles. The molecular weight excluding hydrogens is 232 g/mol. The van der Waals surface area contributed by atoms with Crippen molar-refractivity contribution in [1.29, 1.82) is 0 Å². The van der Waals surface area contributed by atoms with Crippen LogP contribution in [0, 0.1) is 0 Å². The molecule has 0 fully saturated rings. The van der Waals surface area contributed by atoms with Crippen molar-refractivity contribution in [3.05, 3.63) is 39.5 Å². The summed E-state index contributed by atoms with van der Waals surface area (Å²) in [5.41, 5.74) is -0.0219. The molecule has 2 aromatic heterocycles. The largest absolute Gasteiger partial charge is 0.318 e. The molecule has 0 aliphatic carbocycles. The second kappa shape index (κ2) is 2.96. The highest BCUT2D eigenvalue weighted by Gasteiger charge is 2.02. The maximum atomic E-state index is 11.6. The Balaban J connectivity index is 3.03. The Labute approximate surface area is 83.2 Å². The summed E-state index contributed by atoms with van der Waals surface area (Å²) in [6.45, 7) is 0. The van der Waals surface area contributed by atoms with Crippen LogP contribution >= 0.6 is 15.9 Å². The monoisotopic (exact) mass is 238 g/mol. The maximum Gasteiger partial charge on any atom is 0.259 e. The zero-order valence-electron chi connectivity index (χ0n) is 6.99. The molecule has 4 heteroatoms. The fourth-order valence-corrected chi connectivity index (χ4v) is 1.69. The van der Waals surface area contributed by atoms with Crippen LogP contribution in [0.5, 0.6) is 0 Å². The summed E-state index contributed by atoms with van der Waals surface area (Å²) in [6, 6.07) is 1.89. The van der Waals surface area contributed by atoms with Gasteiger partial charge in [0.1, 0.15) is 0 Å². The standard InChI is InChI=1S/C9H7BrN2O/c1-12-3-2-6-7(9(12)13)4-11-5-8(6)10/h2-5H,1H3. The molecule has 0 aliphatic rings. The molecule has 0 N–H and O–H groups in total. The molecule has 0 radical (unpaired) electrons. The first-order valence-electron chi connectivity index (χ1n) is 3.79. The van der Waals surface area contributed by atoms with Gasteiger partial charge in [0.2, 0.25) is 0 Å². The lowest BCUT2D eigenvalue weighted by Gasteiger charge is -2.01. The number of pyridine rings is 2. The number of nitrogens with zero attached hydrogens (tertiary/aromatic N) is 2. The van der Waals surface area contributed by atoms with Crippen LogP contribution < -0.4 is 5.56 Å². The third-order valence-corrected chi connectivity index (χ3v) is 2.59. The number of halogens is 1. The van der Waals surface area contributed by atoms with Crippen molar-refractivity contribution in [2.75, 3.05) is 0 Å². The first kappa shape index (κ1) is 8.44. The van der Waals surface area contributed by atoms with E-state index in [0.717, 1.165) is 9.86 Å². The number of hydrogen-bond donors (Lipinski definition) is 0. The molecular formula is C9H7BrN2O. The zero-order valence-corrected chi connectivity index (χ0v) is 8.58. The van der Waals surface area contributed by atoms with E-state index in [1.807, 2.05) is 6.07 Å². The predicted octanol–water partition coefficient (Wildman–Crippen LogP) is 1.70. The van der Waals surface area contributed by atoms with E-state index >= 15 is 0 Å². The molecule has 2 rings (SSSR count). The molecule has 0 bridgehead atoms. The summed E-state index contributed by atoms with van der Waals surface area (Å²) in [5, 5.41) is 1.54. The Hall–Kier alpha value is -1.16. The van der Waals surface area contributed by atoms with Gasteiger partial charge in [0, 0.05) is 35.5 Å². The van der Waals surface area contributed by atoms with Gasteiger partial charge in [-0.15, -0.1) is 0 Å². The minimum absolute atomic E-state index is 0.0219. The molecule has 66 valence electrons. The Kier molecular flexibility index (Phi) is 1.92. The van der Waals surface area contributed by atoms with Crippen LogP contribution in [0.1, 0.15) is 0 Å². The number of fused-ring (bicyclic) bond motifs is 1. The molecule has 0 atom stereocenters. The molecule has 0 saturated heterocycles. The van der Waals surface area contributed by atoms with Crippen molar-refractivity contribution in [2.24, 2.45) is 7.05 Å². The van der Waals surface area contributed by atoms with Crippen molar-refractivity contribution >= 4 is 26.7 Å². The number of aromatic nitrogens is 2. The maximum absolute atomic E-state index is 11.6. The van der Waals surface area contributed by atoms with E-state index in [1.165, 1.54) is 4.57 Å². The number of aryl methyl sites for hydroxylation is 1. The van der Waals surface area contributed by atoms with Gasteiger partial charge in [0.25, 0.3) is 5.56 Å². The summed E-state index contributed by atoms with van der Waals surface area (Å²) in [5.74, 6) is 0. The quantitative estimate of drug-likeness (QED) is 0.701. The molecule has 0 aliphatic heterocycles. The Bertz CT molecular complexity index is 518. The summed E-state index contributed by atoms with van der Waals surface area (Å²) in [7, 11) is 1.72. The van der Waals surface area contributed by atoms with Gasteiger partial charge in [-0.25, -0.2) is 0 Å². The van der Waals surface area contributed by atoms with E-state index in [4.69, 9.17) is 0 Å². The van der Waals surface area contributed by atoms with Crippen LogP contribution in [-0.2, 0) is 7.05 Å². The van der Waals surface area contributed by atoms with Gasteiger partial charge < -0.3 is 4.57 Å². The van der Waals surface area contributed by atoms with Gasteiger partial charge in [-0.05, 0) is 22.0 Å². The van der Waals surface area contributed by atoms with E-state index < -0.39 is 0 Å². The summed E-state index contributed by atoms with van der Waals surface area (Å²) < 4.78 is 2.39. The van der Waals surface area contributed by atoms with Gasteiger partial charge >= 0.3 is 0 Å². The first-order chi connectivity index (χ1) is 6.20. The number of rotatable bonds is 0. The topological polar surface area (TPSA) is 34.9 Å². The van der Waals surface area contributed by atoms with E-state index in [9.17, 15) is 4.79 Å². The molecule has 0 amide bonds. The van der Waals surface area contributed by atoms with Crippen LogP contribution in [0.25, 0.3) is 10.8 Å². The molecule has 0 spiro atoms. The lowest BCUT2D eigenvalue weighted by molar-refractivity contribution is 0.872. The van der Waals surface area contributed by atoms with Crippen LogP contribution in [-0.4, -0.2) is 9.55 Å². The third-order valence-electron chi connectivity index (χ3n) is 1.95. The van der Waals surface area contributed by atoms with E-state index in [-0.39, 0.29) is 5.56 Å². The smallest absolute Gasteiger partial charge is 0.259 e. The lowest BCUT2D eigenvalue weighted by Crippen LogP contribution is -2.15. The van der Waals surface area contributed by atoms with Crippen molar-refractivity contribution in [1.82, 2.24) is 9.55 Å². The van der Waals surface area contributed by atoms with Crippen LogP contribution in [0.2, 0.25) is 0 Å². The van der Waals surface area contributed by atoms with Crippen molar-refractivity contribution in [3.63, 3.8) is 0 Å². The van der Waals surface area contributed by atoms with Crippen LogP contribution in [0.3, 0.4) is 0 Å². The van der Waals surface area contributed by atoms with E-state index in [1.54, 1.807) is 25.6 Å². The fourth-order valence-electron chi connectivity index (χ4n) is 1.23. The van der Waals surface area contributed by atoms with Crippen LogP contribution in [0.15, 0.2) is 33.9 Å². The molecule has 13 heavy (non-hydrogen) atoms. The Morgan fingerprint density at radius 1 is 1.38 bits per heavy atom. The highest BCUT2D eigenvalue weighted by Crippen LogP contribution is 2.18. The average Bonchev–Trinajstić information content (AvgIpc) is 2.12. The normalized spacial score (nSPS) is 10.6. The van der Waals surface area contributed by atoms with Crippen LogP contribution in [0.4, 0.5) is 0 Å². The zero-order chi connectivity index (χ0) is 9.42. The SMILES string of the molecule is Cn1ccc2c(Br)cncc2c1=O. The minimum atomic E-state index is -0.0219. The van der Waals surface area contributed by atoms with Gasteiger partial charge in [-0.2, -0.15) is 0 Å². The van der Waals surface area contributed by atoms with E-state index in [0.29, 0.717) is 5.39 Å². The Morgan fingerprint density at radius 2 is 2.15 bits per heavy atom. The van der Waals surface area contributed by atoms with Crippen molar-refractivity contribution in [2.45, 2.75) is 0 Å². The van der Waals surface area contributed by atoms with Crippen molar-refractivity contribution in [3.8, 4) is 0 Å². The van der Waals surface area contributed by atoms with Crippen molar-refractivity contribution < 1.29 is 0 Å². The lowest BCUT2D eigenvalue weighted by atomic mass is 10.2. The van der Waals surface area contributed by atoms with Gasteiger partial charge in [-0.1, -0.05) is 0 Å². The molecule has 2 aromatic rings. The predicted molar refractivity (Wildman–Crippen MR) is 54.7 cm³/mol. The third kappa shape index (κ3) is 1.27. The first-order valence-corrected chi connectivity index (χ1v) is 4.58. The fraction of sp³-hybridized carbons (Fsp3) is 0.111. The van der Waals surface area contributed by atoms with Gasteiger partial charge in [-0.3, -0.25) is 9.78 Å². The average molecular weight is 239 g/mol. The molecule has 3 nitrogen and oxygen atoms in total. The highest BCUT2D eigenvalue weighted by atomic mass is 79.9. The second-order valence-electron chi connectivity index (χ2n) is 2.81. The second-order valence-corrected chi connectivity index (χ2v) is 3.67. The highest BCUT2D eigenvalue weighted by molar-refractivity contribution is 9.10. The van der Waals surface area contributed by atoms with E-state index in [2.05, 4.69) is 20.9 Å². The minimum Gasteiger partial charge on any atom is -0.318 e.